The van der Waals surface area contributed by atoms with E-state index in [1.54, 1.807) is 0 Å². The molecule has 15 heavy (non-hydrogen) atoms. The highest BCUT2D eigenvalue weighted by atomic mass is 16.1. The van der Waals surface area contributed by atoms with Crippen molar-refractivity contribution in [1.29, 1.82) is 0 Å². The third-order valence-electron chi connectivity index (χ3n) is 3.30. The van der Waals surface area contributed by atoms with E-state index < -0.39 is 0 Å². The SMILES string of the molecule is CC(C)=CCCC1(C)CCC=C(C)C1=O. The first kappa shape index (κ1) is 12.2. The van der Waals surface area contributed by atoms with Crippen LogP contribution in [0.5, 0.6) is 0 Å². The van der Waals surface area contributed by atoms with E-state index in [0.29, 0.717) is 5.78 Å². The van der Waals surface area contributed by atoms with Gasteiger partial charge in [0.25, 0.3) is 0 Å². The molecule has 0 spiro atoms. The predicted molar refractivity (Wildman–Crippen MR) is 64.8 cm³/mol. The fourth-order valence-electron chi connectivity index (χ4n) is 2.21. The first-order chi connectivity index (χ1) is 6.96. The Labute approximate surface area is 93.3 Å². The molecule has 1 nitrogen and oxygen atoms in total. The van der Waals surface area contributed by atoms with E-state index in [1.165, 1.54) is 5.57 Å². The summed E-state index contributed by atoms with van der Waals surface area (Å²) in [7, 11) is 0. The Morgan fingerprint density at radius 1 is 1.53 bits per heavy atom. The fraction of sp³-hybridized carbons (Fsp3) is 0.643. The van der Waals surface area contributed by atoms with Crippen molar-refractivity contribution in [1.82, 2.24) is 0 Å². The number of hydrogen-bond acceptors (Lipinski definition) is 1. The topological polar surface area (TPSA) is 17.1 Å². The Morgan fingerprint density at radius 2 is 2.20 bits per heavy atom. The summed E-state index contributed by atoms with van der Waals surface area (Å²) in [6, 6.07) is 0. The summed E-state index contributed by atoms with van der Waals surface area (Å²) in [4.78, 5) is 12.0. The lowest BCUT2D eigenvalue weighted by molar-refractivity contribution is -0.125. The van der Waals surface area contributed by atoms with E-state index in [9.17, 15) is 4.79 Å². The van der Waals surface area contributed by atoms with Crippen molar-refractivity contribution < 1.29 is 4.79 Å². The molecular weight excluding hydrogens is 184 g/mol. The highest BCUT2D eigenvalue weighted by Gasteiger charge is 2.34. The quantitative estimate of drug-likeness (QED) is 0.637. The molecule has 0 aliphatic heterocycles. The summed E-state index contributed by atoms with van der Waals surface area (Å²) >= 11 is 0. The first-order valence-corrected chi connectivity index (χ1v) is 5.81. The van der Waals surface area contributed by atoms with Crippen LogP contribution in [0.15, 0.2) is 23.3 Å². The van der Waals surface area contributed by atoms with E-state index in [4.69, 9.17) is 0 Å². The van der Waals surface area contributed by atoms with Crippen molar-refractivity contribution in [3.63, 3.8) is 0 Å². The molecule has 1 aliphatic rings. The molecule has 1 aliphatic carbocycles. The minimum atomic E-state index is -0.106. The van der Waals surface area contributed by atoms with Crippen LogP contribution in [0.4, 0.5) is 0 Å². The molecule has 1 heteroatoms. The zero-order valence-corrected chi connectivity index (χ0v) is 10.4. The average molecular weight is 206 g/mol. The van der Waals surface area contributed by atoms with Crippen molar-refractivity contribution in [2.24, 2.45) is 5.41 Å². The minimum Gasteiger partial charge on any atom is -0.294 e. The highest BCUT2D eigenvalue weighted by molar-refractivity contribution is 5.99. The van der Waals surface area contributed by atoms with Crippen molar-refractivity contribution in [3.05, 3.63) is 23.3 Å². The number of hydrogen-bond donors (Lipinski definition) is 0. The zero-order valence-electron chi connectivity index (χ0n) is 10.4. The van der Waals surface area contributed by atoms with E-state index in [1.807, 2.05) is 6.92 Å². The van der Waals surface area contributed by atoms with Gasteiger partial charge >= 0.3 is 0 Å². The van der Waals surface area contributed by atoms with Crippen LogP contribution in [0.25, 0.3) is 0 Å². The Morgan fingerprint density at radius 3 is 2.80 bits per heavy atom. The summed E-state index contributed by atoms with van der Waals surface area (Å²) in [6.45, 7) is 8.28. The summed E-state index contributed by atoms with van der Waals surface area (Å²) in [5.74, 6) is 0.357. The highest BCUT2D eigenvalue weighted by Crippen LogP contribution is 2.36. The monoisotopic (exact) mass is 206 g/mol. The second-order valence-corrected chi connectivity index (χ2v) is 5.14. The number of carbonyl (C=O) groups excluding carboxylic acids is 1. The van der Waals surface area contributed by atoms with Crippen molar-refractivity contribution >= 4 is 5.78 Å². The number of ketones is 1. The second kappa shape index (κ2) is 4.78. The fourth-order valence-corrected chi connectivity index (χ4v) is 2.21. The van der Waals surface area contributed by atoms with Gasteiger partial charge in [-0.25, -0.2) is 0 Å². The smallest absolute Gasteiger partial charge is 0.164 e. The normalized spacial score (nSPS) is 26.1. The Kier molecular flexibility index (Phi) is 3.90. The molecule has 0 aromatic carbocycles. The summed E-state index contributed by atoms with van der Waals surface area (Å²) < 4.78 is 0. The van der Waals surface area contributed by atoms with Crippen molar-refractivity contribution in [2.75, 3.05) is 0 Å². The number of rotatable bonds is 3. The third-order valence-corrected chi connectivity index (χ3v) is 3.30. The molecule has 0 saturated heterocycles. The van der Waals surface area contributed by atoms with Crippen LogP contribution in [0.2, 0.25) is 0 Å². The van der Waals surface area contributed by atoms with Gasteiger partial charge in [0.2, 0.25) is 0 Å². The molecule has 84 valence electrons. The molecule has 0 bridgehead atoms. The molecule has 1 atom stereocenters. The predicted octanol–water partition coefficient (Wildman–Crippen LogP) is 4.05. The van der Waals surface area contributed by atoms with Gasteiger partial charge < -0.3 is 0 Å². The lowest BCUT2D eigenvalue weighted by Crippen LogP contribution is -2.30. The van der Waals surface area contributed by atoms with Gasteiger partial charge in [-0.15, -0.1) is 0 Å². The van der Waals surface area contributed by atoms with Gasteiger partial charge in [-0.2, -0.15) is 0 Å². The molecule has 0 N–H and O–H groups in total. The van der Waals surface area contributed by atoms with Gasteiger partial charge in [-0.3, -0.25) is 4.79 Å². The minimum absolute atomic E-state index is 0.106. The van der Waals surface area contributed by atoms with Crippen LogP contribution in [-0.4, -0.2) is 5.78 Å². The van der Waals surface area contributed by atoms with Crippen LogP contribution in [0.1, 0.15) is 53.4 Å². The number of Topliss-reactive ketones (excluding diaryl/α,β-unsaturated/α-hetero) is 1. The lowest BCUT2D eigenvalue weighted by Gasteiger charge is -2.31. The Bertz CT molecular complexity index is 305. The standard InChI is InChI=1S/C14H22O/c1-11(2)7-5-9-14(4)10-6-8-12(3)13(14)15/h7-8H,5-6,9-10H2,1-4H3. The molecule has 1 rings (SSSR count). The largest absolute Gasteiger partial charge is 0.294 e. The zero-order chi connectivity index (χ0) is 11.5. The summed E-state index contributed by atoms with van der Waals surface area (Å²) in [5.41, 5.74) is 2.19. The van der Waals surface area contributed by atoms with Crippen molar-refractivity contribution in [2.45, 2.75) is 53.4 Å². The van der Waals surface area contributed by atoms with Crippen LogP contribution >= 0.6 is 0 Å². The van der Waals surface area contributed by atoms with Gasteiger partial charge in [0.1, 0.15) is 0 Å². The van der Waals surface area contributed by atoms with Crippen LogP contribution in [-0.2, 0) is 4.79 Å². The second-order valence-electron chi connectivity index (χ2n) is 5.14. The molecule has 0 saturated carbocycles. The van der Waals surface area contributed by atoms with Gasteiger partial charge in [0.05, 0.1) is 0 Å². The number of carbonyl (C=O) groups is 1. The van der Waals surface area contributed by atoms with E-state index in [2.05, 4.69) is 32.9 Å². The van der Waals surface area contributed by atoms with E-state index >= 15 is 0 Å². The van der Waals surface area contributed by atoms with Gasteiger partial charge in [0, 0.05) is 5.41 Å². The third kappa shape index (κ3) is 3.05. The maximum absolute atomic E-state index is 12.0. The van der Waals surface area contributed by atoms with E-state index in [-0.39, 0.29) is 5.41 Å². The Balaban J connectivity index is 2.63. The molecule has 0 amide bonds. The van der Waals surface area contributed by atoms with Gasteiger partial charge in [0.15, 0.2) is 5.78 Å². The summed E-state index contributed by atoms with van der Waals surface area (Å²) in [6.07, 6.45) is 8.39. The maximum Gasteiger partial charge on any atom is 0.164 e. The molecule has 0 aromatic rings. The van der Waals surface area contributed by atoms with Crippen LogP contribution in [0.3, 0.4) is 0 Å². The molecule has 0 fully saturated rings. The maximum atomic E-state index is 12.0. The molecule has 0 radical (unpaired) electrons. The van der Waals surface area contributed by atoms with Gasteiger partial charge in [-0.05, 0) is 52.0 Å². The van der Waals surface area contributed by atoms with E-state index in [0.717, 1.165) is 31.3 Å². The first-order valence-electron chi connectivity index (χ1n) is 5.81. The van der Waals surface area contributed by atoms with Crippen LogP contribution < -0.4 is 0 Å². The molecule has 0 heterocycles. The summed E-state index contributed by atoms with van der Waals surface area (Å²) in [5, 5.41) is 0. The van der Waals surface area contributed by atoms with Crippen LogP contribution in [0, 0.1) is 5.41 Å². The Hall–Kier alpha value is -0.850. The molecule has 1 unspecified atom stereocenters. The van der Waals surface area contributed by atoms with Gasteiger partial charge in [-0.1, -0.05) is 24.6 Å². The molecular formula is C14H22O. The lowest BCUT2D eigenvalue weighted by atomic mass is 9.72. The number of allylic oxidation sites excluding steroid dienone is 4. The van der Waals surface area contributed by atoms with Crippen molar-refractivity contribution in [3.8, 4) is 0 Å². The molecule has 0 aromatic heterocycles. The average Bonchev–Trinajstić information content (AvgIpc) is 2.14.